The Kier molecular flexibility index (Phi) is 2.95. The minimum Gasteiger partial charge on any atom is -0.377 e. The lowest BCUT2D eigenvalue weighted by molar-refractivity contribution is -0.118. The minimum atomic E-state index is -0.201. The number of hydrogen-bond donors (Lipinski definition) is 1. The molecule has 0 aromatic carbocycles. The van der Waals surface area contributed by atoms with Gasteiger partial charge in [-0.25, -0.2) is 0 Å². The first kappa shape index (κ1) is 8.11. The minimum absolute atomic E-state index is 0.201. The molecule has 0 unspecified atom stereocenters. The molecule has 1 rings (SSSR count). The van der Waals surface area contributed by atoms with E-state index in [0.717, 1.165) is 25.9 Å². The van der Waals surface area contributed by atoms with Crippen LogP contribution in [0.3, 0.4) is 0 Å². The molecule has 1 heterocycles. The molecule has 0 spiro atoms. The summed E-state index contributed by atoms with van der Waals surface area (Å²) >= 11 is 0. The SMILES string of the molecule is NC(=O)CCCN1C=CCC1. The first-order valence-corrected chi connectivity index (χ1v) is 3.98. The fourth-order valence-corrected chi connectivity index (χ4v) is 1.18. The smallest absolute Gasteiger partial charge is 0.217 e. The highest BCUT2D eigenvalue weighted by Crippen LogP contribution is 2.04. The van der Waals surface area contributed by atoms with E-state index < -0.39 is 0 Å². The van der Waals surface area contributed by atoms with Gasteiger partial charge >= 0.3 is 0 Å². The van der Waals surface area contributed by atoms with Gasteiger partial charge in [0.15, 0.2) is 0 Å². The number of nitrogens with two attached hydrogens (primary N) is 1. The second kappa shape index (κ2) is 4.01. The maximum Gasteiger partial charge on any atom is 0.217 e. The van der Waals surface area contributed by atoms with Crippen molar-refractivity contribution in [2.75, 3.05) is 13.1 Å². The molecule has 1 amide bonds. The molecule has 0 radical (unpaired) electrons. The molecular weight excluding hydrogens is 140 g/mol. The van der Waals surface area contributed by atoms with Crippen LogP contribution in [0.25, 0.3) is 0 Å². The summed E-state index contributed by atoms with van der Waals surface area (Å²) in [5.74, 6) is -0.201. The Labute approximate surface area is 66.9 Å². The average Bonchev–Trinajstić information content (AvgIpc) is 2.39. The van der Waals surface area contributed by atoms with Crippen LogP contribution < -0.4 is 5.73 Å². The zero-order valence-corrected chi connectivity index (χ0v) is 6.62. The molecular formula is C8H14N2O. The van der Waals surface area contributed by atoms with Crippen molar-refractivity contribution in [1.82, 2.24) is 4.90 Å². The Bertz CT molecular complexity index is 165. The van der Waals surface area contributed by atoms with Gasteiger partial charge in [-0.2, -0.15) is 0 Å². The quantitative estimate of drug-likeness (QED) is 0.640. The third-order valence-electron chi connectivity index (χ3n) is 1.77. The third-order valence-corrected chi connectivity index (χ3v) is 1.77. The van der Waals surface area contributed by atoms with Crippen LogP contribution >= 0.6 is 0 Å². The van der Waals surface area contributed by atoms with E-state index in [1.807, 2.05) is 0 Å². The van der Waals surface area contributed by atoms with Crippen molar-refractivity contribution < 1.29 is 4.79 Å². The Morgan fingerprint density at radius 1 is 1.64 bits per heavy atom. The molecule has 0 aromatic rings. The molecule has 2 N–H and O–H groups in total. The largest absolute Gasteiger partial charge is 0.377 e. The van der Waals surface area contributed by atoms with Gasteiger partial charge < -0.3 is 10.6 Å². The van der Waals surface area contributed by atoms with Gasteiger partial charge in [0.2, 0.25) is 5.91 Å². The van der Waals surface area contributed by atoms with Gasteiger partial charge in [-0.1, -0.05) is 6.08 Å². The first-order chi connectivity index (χ1) is 5.29. The van der Waals surface area contributed by atoms with Gasteiger partial charge in [-0.3, -0.25) is 4.79 Å². The lowest BCUT2D eigenvalue weighted by Crippen LogP contribution is -2.18. The number of amides is 1. The van der Waals surface area contributed by atoms with E-state index in [9.17, 15) is 4.79 Å². The van der Waals surface area contributed by atoms with Crippen LogP contribution in [-0.4, -0.2) is 23.9 Å². The molecule has 0 saturated carbocycles. The molecule has 1 aliphatic heterocycles. The lowest BCUT2D eigenvalue weighted by Gasteiger charge is -2.13. The molecule has 11 heavy (non-hydrogen) atoms. The van der Waals surface area contributed by atoms with Crippen molar-refractivity contribution in [3.05, 3.63) is 12.3 Å². The summed E-state index contributed by atoms with van der Waals surface area (Å²) in [6, 6.07) is 0. The van der Waals surface area contributed by atoms with E-state index >= 15 is 0 Å². The predicted molar refractivity (Wildman–Crippen MR) is 43.8 cm³/mol. The van der Waals surface area contributed by atoms with Gasteiger partial charge in [0.1, 0.15) is 0 Å². The van der Waals surface area contributed by atoms with Crippen molar-refractivity contribution in [2.24, 2.45) is 5.73 Å². The Morgan fingerprint density at radius 3 is 3.00 bits per heavy atom. The average molecular weight is 154 g/mol. The van der Waals surface area contributed by atoms with E-state index in [2.05, 4.69) is 17.2 Å². The molecule has 0 aliphatic carbocycles. The highest BCUT2D eigenvalue weighted by atomic mass is 16.1. The van der Waals surface area contributed by atoms with Crippen molar-refractivity contribution in [2.45, 2.75) is 19.3 Å². The number of rotatable bonds is 4. The van der Waals surface area contributed by atoms with Gasteiger partial charge in [0, 0.05) is 19.5 Å². The van der Waals surface area contributed by atoms with Crippen LogP contribution in [0.5, 0.6) is 0 Å². The summed E-state index contributed by atoms with van der Waals surface area (Å²) in [5, 5.41) is 0. The standard InChI is InChI=1S/C8H14N2O/c9-8(11)4-3-7-10-5-1-2-6-10/h1,5H,2-4,6-7H2,(H2,9,11). The molecule has 3 heteroatoms. The summed E-state index contributed by atoms with van der Waals surface area (Å²) in [6.45, 7) is 2.05. The molecule has 1 aliphatic rings. The van der Waals surface area contributed by atoms with Crippen molar-refractivity contribution in [1.29, 1.82) is 0 Å². The number of primary amides is 1. The molecule has 0 aromatic heterocycles. The fraction of sp³-hybridized carbons (Fsp3) is 0.625. The van der Waals surface area contributed by atoms with E-state index in [-0.39, 0.29) is 5.91 Å². The van der Waals surface area contributed by atoms with Crippen LogP contribution in [0, 0.1) is 0 Å². The Hall–Kier alpha value is -0.990. The van der Waals surface area contributed by atoms with Crippen LogP contribution in [0.15, 0.2) is 12.3 Å². The fourth-order valence-electron chi connectivity index (χ4n) is 1.18. The van der Waals surface area contributed by atoms with Crippen molar-refractivity contribution in [3.8, 4) is 0 Å². The zero-order chi connectivity index (χ0) is 8.10. The highest BCUT2D eigenvalue weighted by Gasteiger charge is 2.03. The normalized spacial score (nSPS) is 15.8. The van der Waals surface area contributed by atoms with E-state index in [0.29, 0.717) is 6.42 Å². The Balaban J connectivity index is 2.03. The van der Waals surface area contributed by atoms with Gasteiger partial charge in [0.05, 0.1) is 0 Å². The molecule has 3 nitrogen and oxygen atoms in total. The van der Waals surface area contributed by atoms with Crippen molar-refractivity contribution in [3.63, 3.8) is 0 Å². The number of hydrogen-bond acceptors (Lipinski definition) is 2. The van der Waals surface area contributed by atoms with E-state index in [4.69, 9.17) is 5.73 Å². The topological polar surface area (TPSA) is 46.3 Å². The Morgan fingerprint density at radius 2 is 2.45 bits per heavy atom. The molecule has 0 fully saturated rings. The summed E-state index contributed by atoms with van der Waals surface area (Å²) in [6.07, 6.45) is 6.74. The van der Waals surface area contributed by atoms with Gasteiger partial charge in [-0.15, -0.1) is 0 Å². The summed E-state index contributed by atoms with van der Waals surface area (Å²) in [5.41, 5.74) is 5.00. The second-order valence-corrected chi connectivity index (χ2v) is 2.78. The van der Waals surface area contributed by atoms with Crippen LogP contribution in [0.1, 0.15) is 19.3 Å². The van der Waals surface area contributed by atoms with Crippen LogP contribution in [-0.2, 0) is 4.79 Å². The van der Waals surface area contributed by atoms with Gasteiger partial charge in [0.25, 0.3) is 0 Å². The maximum absolute atomic E-state index is 10.4. The second-order valence-electron chi connectivity index (χ2n) is 2.78. The number of carbonyl (C=O) groups is 1. The van der Waals surface area contributed by atoms with E-state index in [1.165, 1.54) is 0 Å². The maximum atomic E-state index is 10.4. The molecule has 0 bridgehead atoms. The highest BCUT2D eigenvalue weighted by molar-refractivity contribution is 5.73. The lowest BCUT2D eigenvalue weighted by atomic mass is 10.3. The zero-order valence-electron chi connectivity index (χ0n) is 6.62. The third kappa shape index (κ3) is 3.07. The van der Waals surface area contributed by atoms with Gasteiger partial charge in [-0.05, 0) is 19.0 Å². The summed E-state index contributed by atoms with van der Waals surface area (Å²) in [7, 11) is 0. The first-order valence-electron chi connectivity index (χ1n) is 3.98. The predicted octanol–water partition coefficient (Wildman–Crippen LogP) is 0.471. The summed E-state index contributed by atoms with van der Waals surface area (Å²) < 4.78 is 0. The number of carbonyl (C=O) groups excluding carboxylic acids is 1. The van der Waals surface area contributed by atoms with Crippen molar-refractivity contribution >= 4 is 5.91 Å². The van der Waals surface area contributed by atoms with Crippen LogP contribution in [0.4, 0.5) is 0 Å². The molecule has 62 valence electrons. The molecule has 0 saturated heterocycles. The molecule has 0 atom stereocenters. The van der Waals surface area contributed by atoms with E-state index in [1.54, 1.807) is 0 Å². The number of nitrogens with zero attached hydrogens (tertiary/aromatic N) is 1. The summed E-state index contributed by atoms with van der Waals surface area (Å²) in [4.78, 5) is 12.6. The van der Waals surface area contributed by atoms with Crippen LogP contribution in [0.2, 0.25) is 0 Å². The monoisotopic (exact) mass is 154 g/mol.